The van der Waals surface area contributed by atoms with Crippen molar-refractivity contribution in [1.82, 2.24) is 4.72 Å². The van der Waals surface area contributed by atoms with Crippen molar-refractivity contribution in [3.63, 3.8) is 0 Å². The fourth-order valence-electron chi connectivity index (χ4n) is 1.17. The van der Waals surface area contributed by atoms with E-state index in [1.165, 1.54) is 10.8 Å². The summed E-state index contributed by atoms with van der Waals surface area (Å²) in [6, 6.07) is 3.52. The molecule has 0 saturated carbocycles. The molecule has 1 aromatic carbocycles. The van der Waals surface area contributed by atoms with Crippen LogP contribution < -0.4 is 4.72 Å². The van der Waals surface area contributed by atoms with Crippen LogP contribution in [-0.2, 0) is 10.0 Å². The van der Waals surface area contributed by atoms with E-state index in [2.05, 4.69) is 0 Å². The van der Waals surface area contributed by atoms with Crippen LogP contribution in [0.4, 0.5) is 13.2 Å². The lowest BCUT2D eigenvalue weighted by Crippen LogP contribution is -2.33. The Labute approximate surface area is 116 Å². The second kappa shape index (κ2) is 7.39. The number of aldehydes is 1. The average molecular weight is 311 g/mol. The fourth-order valence-corrected chi connectivity index (χ4v) is 2.22. The monoisotopic (exact) mass is 311 g/mol. The van der Waals surface area contributed by atoms with Crippen molar-refractivity contribution >= 4 is 16.3 Å². The number of sulfonamides is 1. The van der Waals surface area contributed by atoms with Crippen molar-refractivity contribution in [3.05, 3.63) is 29.3 Å². The molecule has 0 radical (unpaired) electrons. The third kappa shape index (κ3) is 5.70. The minimum Gasteiger partial charge on any atom is -0.298 e. The summed E-state index contributed by atoms with van der Waals surface area (Å²) in [6.07, 6.45) is -4.19. The maximum Gasteiger partial charge on any atom is 0.402 e. The van der Waals surface area contributed by atoms with Crippen LogP contribution in [0.25, 0.3) is 0 Å². The highest BCUT2D eigenvalue weighted by molar-refractivity contribution is 7.89. The first-order valence-corrected chi connectivity index (χ1v) is 7.26. The zero-order chi connectivity index (χ0) is 16.0. The number of hydrogen-bond donors (Lipinski definition) is 1. The zero-order valence-electron chi connectivity index (χ0n) is 11.3. The average Bonchev–Trinajstić information content (AvgIpc) is 2.38. The van der Waals surface area contributed by atoms with E-state index in [9.17, 15) is 26.4 Å². The Morgan fingerprint density at radius 1 is 1.25 bits per heavy atom. The van der Waals surface area contributed by atoms with Crippen LogP contribution in [0.3, 0.4) is 0 Å². The van der Waals surface area contributed by atoms with Crippen LogP contribution >= 0.6 is 0 Å². The predicted molar refractivity (Wildman–Crippen MR) is 69.2 cm³/mol. The Hall–Kier alpha value is -1.41. The number of carbonyl (C=O) groups excluding carboxylic acids is 1. The van der Waals surface area contributed by atoms with Gasteiger partial charge in [-0.1, -0.05) is 19.9 Å². The van der Waals surface area contributed by atoms with Gasteiger partial charge in [0.15, 0.2) is 0 Å². The Kier molecular flexibility index (Phi) is 6.87. The number of nitrogens with one attached hydrogen (secondary N) is 1. The van der Waals surface area contributed by atoms with Gasteiger partial charge in [-0.3, -0.25) is 4.79 Å². The Balaban J connectivity index is 0.00000172. The Morgan fingerprint density at radius 3 is 2.25 bits per heavy atom. The highest BCUT2D eigenvalue weighted by atomic mass is 32.2. The van der Waals surface area contributed by atoms with Crippen molar-refractivity contribution in [2.75, 3.05) is 6.54 Å². The van der Waals surface area contributed by atoms with Crippen molar-refractivity contribution in [2.45, 2.75) is 31.8 Å². The van der Waals surface area contributed by atoms with Gasteiger partial charge in [0.1, 0.15) is 12.8 Å². The molecule has 0 unspecified atom stereocenters. The molecule has 0 atom stereocenters. The molecule has 0 spiro atoms. The van der Waals surface area contributed by atoms with Gasteiger partial charge >= 0.3 is 6.18 Å². The standard InChI is InChI=1S/C10H10F3NO3S.C2H6/c1-7-2-3-9(4-8(7)5-15)18(16,17)14-6-10(11,12)13;1-2/h2-5,14H,6H2,1H3;1-2H3. The summed E-state index contributed by atoms with van der Waals surface area (Å²) in [5, 5.41) is 0. The molecule has 1 rings (SSSR count). The molecule has 114 valence electrons. The number of rotatable bonds is 4. The number of hydrogen-bond acceptors (Lipinski definition) is 3. The Morgan fingerprint density at radius 2 is 1.80 bits per heavy atom. The van der Waals surface area contributed by atoms with Crippen molar-refractivity contribution in [3.8, 4) is 0 Å². The van der Waals surface area contributed by atoms with E-state index in [4.69, 9.17) is 0 Å². The van der Waals surface area contributed by atoms with E-state index in [1.54, 1.807) is 6.92 Å². The summed E-state index contributed by atoms with van der Waals surface area (Å²) in [5.74, 6) is 0. The van der Waals surface area contributed by atoms with Gasteiger partial charge in [0.05, 0.1) is 4.90 Å². The van der Waals surface area contributed by atoms with Gasteiger partial charge in [-0.15, -0.1) is 0 Å². The first-order valence-electron chi connectivity index (χ1n) is 5.78. The summed E-state index contributed by atoms with van der Waals surface area (Å²) in [7, 11) is -4.27. The molecular weight excluding hydrogens is 295 g/mol. The van der Waals surface area contributed by atoms with Crippen molar-refractivity contribution in [1.29, 1.82) is 0 Å². The quantitative estimate of drug-likeness (QED) is 0.870. The molecule has 0 aromatic heterocycles. The topological polar surface area (TPSA) is 63.2 Å². The lowest BCUT2D eigenvalue weighted by Gasteiger charge is -2.10. The normalized spacial score (nSPS) is 11.5. The first-order chi connectivity index (χ1) is 9.15. The summed E-state index contributed by atoms with van der Waals surface area (Å²) in [6.45, 7) is 3.93. The third-order valence-electron chi connectivity index (χ3n) is 2.15. The van der Waals surface area contributed by atoms with Gasteiger partial charge in [-0.25, -0.2) is 13.1 Å². The fraction of sp³-hybridized carbons (Fsp3) is 0.417. The molecule has 0 heterocycles. The number of aryl methyl sites for hydroxylation is 1. The van der Waals surface area contributed by atoms with E-state index in [-0.39, 0.29) is 10.5 Å². The molecule has 0 aliphatic heterocycles. The SMILES string of the molecule is CC.Cc1ccc(S(=O)(=O)NCC(F)(F)F)cc1C=O. The minimum atomic E-state index is -4.63. The molecular formula is C12H16F3NO3S. The van der Waals surface area contributed by atoms with Gasteiger partial charge in [0, 0.05) is 5.56 Å². The van der Waals surface area contributed by atoms with Gasteiger partial charge in [-0.2, -0.15) is 13.2 Å². The number of halogens is 3. The molecule has 0 saturated heterocycles. The van der Waals surface area contributed by atoms with Crippen molar-refractivity contribution in [2.24, 2.45) is 0 Å². The summed E-state index contributed by atoms with van der Waals surface area (Å²) >= 11 is 0. The van der Waals surface area contributed by atoms with Gasteiger partial charge in [0.25, 0.3) is 0 Å². The third-order valence-corrected chi connectivity index (χ3v) is 3.55. The lowest BCUT2D eigenvalue weighted by atomic mass is 10.1. The van der Waals surface area contributed by atoms with Crippen LogP contribution in [0.15, 0.2) is 23.1 Å². The van der Waals surface area contributed by atoms with E-state index in [0.29, 0.717) is 11.8 Å². The molecule has 20 heavy (non-hydrogen) atoms. The van der Waals surface area contributed by atoms with Gasteiger partial charge < -0.3 is 0 Å². The molecule has 1 N–H and O–H groups in total. The van der Waals surface area contributed by atoms with E-state index >= 15 is 0 Å². The van der Waals surface area contributed by atoms with Gasteiger partial charge in [-0.05, 0) is 24.6 Å². The number of alkyl halides is 3. The van der Waals surface area contributed by atoms with Crippen LogP contribution in [0.2, 0.25) is 0 Å². The minimum absolute atomic E-state index is 0.116. The highest BCUT2D eigenvalue weighted by Crippen LogP contribution is 2.17. The molecule has 4 nitrogen and oxygen atoms in total. The van der Waals surface area contributed by atoms with E-state index in [0.717, 1.165) is 12.1 Å². The molecule has 0 bridgehead atoms. The first kappa shape index (κ1) is 18.6. The second-order valence-corrected chi connectivity index (χ2v) is 5.34. The van der Waals surface area contributed by atoms with Gasteiger partial charge in [0.2, 0.25) is 10.0 Å². The zero-order valence-corrected chi connectivity index (χ0v) is 12.1. The van der Waals surface area contributed by atoms with Crippen LogP contribution in [0, 0.1) is 6.92 Å². The summed E-state index contributed by atoms with van der Waals surface area (Å²) in [5.41, 5.74) is 0.657. The molecule has 0 aliphatic rings. The van der Waals surface area contributed by atoms with Crippen LogP contribution in [0.1, 0.15) is 29.8 Å². The summed E-state index contributed by atoms with van der Waals surface area (Å²) in [4.78, 5) is 10.3. The highest BCUT2D eigenvalue weighted by Gasteiger charge is 2.30. The predicted octanol–water partition coefficient (Wildman–Crippen LogP) is 2.67. The molecule has 0 aliphatic carbocycles. The number of benzene rings is 1. The lowest BCUT2D eigenvalue weighted by molar-refractivity contribution is -0.121. The molecule has 0 fully saturated rings. The maximum atomic E-state index is 11.9. The van der Waals surface area contributed by atoms with E-state index < -0.39 is 22.7 Å². The Bertz CT molecular complexity index is 554. The second-order valence-electron chi connectivity index (χ2n) is 3.58. The molecule has 1 aromatic rings. The summed E-state index contributed by atoms with van der Waals surface area (Å²) < 4.78 is 60.3. The molecule has 0 amide bonds. The van der Waals surface area contributed by atoms with Crippen molar-refractivity contribution < 1.29 is 26.4 Å². The van der Waals surface area contributed by atoms with Crippen LogP contribution in [0.5, 0.6) is 0 Å². The molecule has 8 heteroatoms. The van der Waals surface area contributed by atoms with Crippen LogP contribution in [-0.4, -0.2) is 27.4 Å². The smallest absolute Gasteiger partial charge is 0.298 e. The largest absolute Gasteiger partial charge is 0.402 e. The number of carbonyl (C=O) groups is 1. The van der Waals surface area contributed by atoms with E-state index in [1.807, 2.05) is 13.8 Å². The maximum absolute atomic E-state index is 11.9.